The van der Waals surface area contributed by atoms with Crippen molar-refractivity contribution >= 4 is 5.97 Å². The molecule has 8 heteroatoms. The third-order valence-electron chi connectivity index (χ3n) is 3.99. The number of halogens is 5. The zero-order chi connectivity index (χ0) is 19.8. The van der Waals surface area contributed by atoms with Crippen molar-refractivity contribution in [1.29, 1.82) is 0 Å². The maximum atomic E-state index is 12.9. The number of carbonyl (C=O) groups excluding carboxylic acids is 1. The predicted molar refractivity (Wildman–Crippen MR) is 83.3 cm³/mol. The van der Waals surface area contributed by atoms with Crippen molar-refractivity contribution in [3.8, 4) is 11.5 Å². The minimum absolute atomic E-state index is 0.0948. The average molecular weight is 374 g/mol. The van der Waals surface area contributed by atoms with E-state index < -0.39 is 29.2 Å². The maximum absolute atomic E-state index is 12.9. The highest BCUT2D eigenvalue weighted by Gasteiger charge is 2.65. The summed E-state index contributed by atoms with van der Waals surface area (Å²) < 4.78 is 66.4. The van der Waals surface area contributed by atoms with Gasteiger partial charge in [0.05, 0.1) is 0 Å². The molecule has 0 spiro atoms. The lowest BCUT2D eigenvalue weighted by Gasteiger charge is -2.26. The standard InChI is InChI=1S/C18H15F5O3/c1-16(2,11-3-7-13(24)8-4-11)12-5-9-14(10-6-12)26-15(25)17(19,20)18(21,22)23/h3-10,24H,1-2H3. The van der Waals surface area contributed by atoms with Gasteiger partial charge >= 0.3 is 18.1 Å². The number of esters is 1. The van der Waals surface area contributed by atoms with E-state index in [-0.39, 0.29) is 5.75 Å². The molecule has 0 aliphatic carbocycles. The van der Waals surface area contributed by atoms with Crippen molar-refractivity contribution in [3.63, 3.8) is 0 Å². The molecule has 140 valence electrons. The van der Waals surface area contributed by atoms with Crippen LogP contribution in [0.3, 0.4) is 0 Å². The molecular weight excluding hydrogens is 359 g/mol. The number of hydrogen-bond donors (Lipinski definition) is 1. The molecule has 0 heterocycles. The topological polar surface area (TPSA) is 46.5 Å². The highest BCUT2D eigenvalue weighted by molar-refractivity contribution is 5.80. The molecule has 0 bridgehead atoms. The van der Waals surface area contributed by atoms with Gasteiger partial charge < -0.3 is 9.84 Å². The van der Waals surface area contributed by atoms with Gasteiger partial charge in [-0.25, -0.2) is 4.79 Å². The molecule has 2 aromatic rings. The SMILES string of the molecule is CC(C)(c1ccc(O)cc1)c1ccc(OC(=O)C(F)(F)C(F)(F)F)cc1. The molecule has 2 rings (SSSR count). The number of ether oxygens (including phenoxy) is 1. The average Bonchev–Trinajstić information content (AvgIpc) is 2.54. The van der Waals surface area contributed by atoms with Crippen molar-refractivity contribution in [2.45, 2.75) is 31.4 Å². The van der Waals surface area contributed by atoms with E-state index in [4.69, 9.17) is 0 Å². The van der Waals surface area contributed by atoms with E-state index in [0.717, 1.165) is 17.7 Å². The molecular formula is C18H15F5O3. The Balaban J connectivity index is 2.20. The van der Waals surface area contributed by atoms with Gasteiger partial charge in [0, 0.05) is 5.41 Å². The van der Waals surface area contributed by atoms with Gasteiger partial charge in [0.2, 0.25) is 0 Å². The molecule has 0 aromatic heterocycles. The molecule has 0 amide bonds. The van der Waals surface area contributed by atoms with Crippen LogP contribution in [0.1, 0.15) is 25.0 Å². The van der Waals surface area contributed by atoms with Crippen LogP contribution in [0, 0.1) is 0 Å². The lowest BCUT2D eigenvalue weighted by atomic mass is 9.78. The summed E-state index contributed by atoms with van der Waals surface area (Å²) in [5, 5.41) is 9.35. The number of phenols is 1. The Morgan fingerprint density at radius 1 is 0.846 bits per heavy atom. The second-order valence-corrected chi connectivity index (χ2v) is 6.16. The Kier molecular flexibility index (Phi) is 4.98. The largest absolute Gasteiger partial charge is 0.508 e. The number of hydrogen-bond acceptors (Lipinski definition) is 3. The monoisotopic (exact) mass is 374 g/mol. The number of rotatable bonds is 4. The number of benzene rings is 2. The second-order valence-electron chi connectivity index (χ2n) is 6.16. The minimum Gasteiger partial charge on any atom is -0.508 e. The van der Waals surface area contributed by atoms with Crippen molar-refractivity contribution in [1.82, 2.24) is 0 Å². The number of phenolic OH excluding ortho intramolecular Hbond substituents is 1. The quantitative estimate of drug-likeness (QED) is 0.474. The van der Waals surface area contributed by atoms with Gasteiger partial charge in [-0.3, -0.25) is 0 Å². The first-order valence-corrected chi connectivity index (χ1v) is 7.42. The van der Waals surface area contributed by atoms with E-state index in [2.05, 4.69) is 4.74 Å². The summed E-state index contributed by atoms with van der Waals surface area (Å²) in [6.45, 7) is 3.72. The maximum Gasteiger partial charge on any atom is 0.465 e. The fraction of sp³-hybridized carbons (Fsp3) is 0.278. The van der Waals surface area contributed by atoms with E-state index in [0.29, 0.717) is 5.56 Å². The Morgan fingerprint density at radius 3 is 1.69 bits per heavy atom. The molecule has 0 radical (unpaired) electrons. The zero-order valence-corrected chi connectivity index (χ0v) is 13.8. The highest BCUT2D eigenvalue weighted by atomic mass is 19.4. The number of aromatic hydroxyl groups is 1. The van der Waals surface area contributed by atoms with Crippen LogP contribution in [0.25, 0.3) is 0 Å². The summed E-state index contributed by atoms with van der Waals surface area (Å²) in [5.41, 5.74) is 0.987. The normalized spacial score (nSPS) is 12.7. The summed E-state index contributed by atoms with van der Waals surface area (Å²) in [7, 11) is 0. The van der Waals surface area contributed by atoms with Gasteiger partial charge in [-0.2, -0.15) is 22.0 Å². The van der Waals surface area contributed by atoms with E-state index >= 15 is 0 Å². The van der Waals surface area contributed by atoms with Crippen molar-refractivity contribution in [2.75, 3.05) is 0 Å². The first-order chi connectivity index (χ1) is 11.9. The number of alkyl halides is 5. The molecule has 0 fully saturated rings. The summed E-state index contributed by atoms with van der Waals surface area (Å²) in [6, 6.07) is 11.6. The number of carbonyl (C=O) groups is 1. The molecule has 2 aromatic carbocycles. The third-order valence-corrected chi connectivity index (χ3v) is 3.99. The summed E-state index contributed by atoms with van der Waals surface area (Å²) >= 11 is 0. The van der Waals surface area contributed by atoms with Crippen molar-refractivity contribution in [2.24, 2.45) is 0 Å². The van der Waals surface area contributed by atoms with Crippen molar-refractivity contribution in [3.05, 3.63) is 59.7 Å². The van der Waals surface area contributed by atoms with Gasteiger partial charge in [-0.15, -0.1) is 0 Å². The van der Waals surface area contributed by atoms with Gasteiger partial charge in [0.15, 0.2) is 0 Å². The van der Waals surface area contributed by atoms with Gasteiger partial charge in [0.1, 0.15) is 11.5 Å². The van der Waals surface area contributed by atoms with E-state index in [1.54, 1.807) is 12.1 Å². The Bertz CT molecular complexity index is 778. The van der Waals surface area contributed by atoms with Crippen LogP contribution in [0.4, 0.5) is 22.0 Å². The summed E-state index contributed by atoms with van der Waals surface area (Å²) in [4.78, 5) is 11.1. The van der Waals surface area contributed by atoms with E-state index in [1.165, 1.54) is 24.3 Å². The molecule has 0 unspecified atom stereocenters. The lowest BCUT2D eigenvalue weighted by Crippen LogP contribution is -2.46. The van der Waals surface area contributed by atoms with E-state index in [9.17, 15) is 31.9 Å². The molecule has 0 aliphatic heterocycles. The van der Waals surface area contributed by atoms with Gasteiger partial charge in [-0.1, -0.05) is 38.1 Å². The highest BCUT2D eigenvalue weighted by Crippen LogP contribution is 2.37. The van der Waals surface area contributed by atoms with Crippen LogP contribution < -0.4 is 4.74 Å². The smallest absolute Gasteiger partial charge is 0.465 e. The van der Waals surface area contributed by atoms with Crippen LogP contribution in [0.5, 0.6) is 11.5 Å². The van der Waals surface area contributed by atoms with Crippen LogP contribution >= 0.6 is 0 Å². The fourth-order valence-corrected chi connectivity index (χ4v) is 2.27. The predicted octanol–water partition coefficient (Wildman–Crippen LogP) is 4.82. The molecule has 0 aliphatic rings. The van der Waals surface area contributed by atoms with Crippen LogP contribution in [-0.2, 0) is 10.2 Å². The van der Waals surface area contributed by atoms with Crippen LogP contribution in [0.15, 0.2) is 48.5 Å². The molecule has 26 heavy (non-hydrogen) atoms. The lowest BCUT2D eigenvalue weighted by molar-refractivity contribution is -0.276. The fourth-order valence-electron chi connectivity index (χ4n) is 2.27. The van der Waals surface area contributed by atoms with Gasteiger partial charge in [-0.05, 0) is 35.4 Å². The Morgan fingerprint density at radius 2 is 1.27 bits per heavy atom. The molecule has 0 atom stereocenters. The van der Waals surface area contributed by atoms with E-state index in [1.807, 2.05) is 13.8 Å². The third kappa shape index (κ3) is 3.79. The van der Waals surface area contributed by atoms with Gasteiger partial charge in [0.25, 0.3) is 0 Å². The van der Waals surface area contributed by atoms with Crippen LogP contribution in [0.2, 0.25) is 0 Å². The summed E-state index contributed by atoms with van der Waals surface area (Å²) in [5.74, 6) is -8.60. The molecule has 1 N–H and O–H groups in total. The minimum atomic E-state index is -6.02. The summed E-state index contributed by atoms with van der Waals surface area (Å²) in [6.07, 6.45) is -6.02. The Hall–Kier alpha value is -2.64. The first-order valence-electron chi connectivity index (χ1n) is 7.42. The van der Waals surface area contributed by atoms with Crippen LogP contribution in [-0.4, -0.2) is 23.2 Å². The molecule has 3 nitrogen and oxygen atoms in total. The second kappa shape index (κ2) is 6.59. The van der Waals surface area contributed by atoms with Crippen molar-refractivity contribution < 1.29 is 36.6 Å². The molecule has 0 saturated heterocycles. The zero-order valence-electron chi connectivity index (χ0n) is 13.8. The first kappa shape index (κ1) is 19.7. The molecule has 0 saturated carbocycles. The Labute approximate surface area is 146 Å².